The second-order valence-corrected chi connectivity index (χ2v) is 5.77. The molecular formula is C16H12Cl2N2O5. The Balaban J connectivity index is 1.99. The molecule has 0 saturated heterocycles. The quantitative estimate of drug-likeness (QED) is 0.478. The molecule has 130 valence electrons. The average Bonchev–Trinajstić information content (AvgIpc) is 2.56. The number of esters is 1. The van der Waals surface area contributed by atoms with Crippen molar-refractivity contribution in [2.45, 2.75) is 6.92 Å². The molecule has 1 N–H and O–H groups in total. The number of amides is 1. The van der Waals surface area contributed by atoms with Gasteiger partial charge in [0.05, 0.1) is 20.5 Å². The zero-order valence-electron chi connectivity index (χ0n) is 12.9. The fourth-order valence-corrected chi connectivity index (χ4v) is 2.33. The SMILES string of the molecule is Cc1ccc(NC(=O)COC(=O)c2cccc(Cl)c2Cl)cc1[N+](=O)[O-]. The molecule has 0 aliphatic heterocycles. The third kappa shape index (κ3) is 4.68. The molecular weight excluding hydrogens is 371 g/mol. The van der Waals surface area contributed by atoms with Crippen LogP contribution in [0, 0.1) is 17.0 Å². The van der Waals surface area contributed by atoms with Crippen molar-refractivity contribution in [2.24, 2.45) is 0 Å². The highest BCUT2D eigenvalue weighted by Gasteiger charge is 2.16. The molecule has 0 spiro atoms. The molecule has 2 rings (SSSR count). The fraction of sp³-hybridized carbons (Fsp3) is 0.125. The van der Waals surface area contributed by atoms with Crippen molar-refractivity contribution >= 4 is 46.5 Å². The largest absolute Gasteiger partial charge is 0.452 e. The van der Waals surface area contributed by atoms with Crippen molar-refractivity contribution in [1.82, 2.24) is 0 Å². The van der Waals surface area contributed by atoms with Crippen LogP contribution < -0.4 is 5.32 Å². The summed E-state index contributed by atoms with van der Waals surface area (Å²) in [6.45, 7) is 1.00. The van der Waals surface area contributed by atoms with E-state index < -0.39 is 23.4 Å². The predicted octanol–water partition coefficient (Wildman–Crippen LogP) is 4.01. The van der Waals surface area contributed by atoms with E-state index in [1.54, 1.807) is 6.92 Å². The van der Waals surface area contributed by atoms with Gasteiger partial charge in [0, 0.05) is 17.3 Å². The molecule has 0 fully saturated rings. The molecule has 9 heteroatoms. The smallest absolute Gasteiger partial charge is 0.340 e. The van der Waals surface area contributed by atoms with Gasteiger partial charge in [-0.05, 0) is 25.1 Å². The molecule has 2 aromatic rings. The van der Waals surface area contributed by atoms with Crippen LogP contribution in [-0.2, 0) is 9.53 Å². The van der Waals surface area contributed by atoms with Crippen LogP contribution in [0.3, 0.4) is 0 Å². The highest BCUT2D eigenvalue weighted by atomic mass is 35.5. The monoisotopic (exact) mass is 382 g/mol. The number of aryl methyl sites for hydroxylation is 1. The van der Waals surface area contributed by atoms with Crippen LogP contribution in [0.5, 0.6) is 0 Å². The van der Waals surface area contributed by atoms with Crippen molar-refractivity contribution in [1.29, 1.82) is 0 Å². The van der Waals surface area contributed by atoms with E-state index >= 15 is 0 Å². The lowest BCUT2D eigenvalue weighted by Gasteiger charge is -2.08. The Kier molecular flexibility index (Phi) is 5.95. The molecule has 0 bridgehead atoms. The van der Waals surface area contributed by atoms with Crippen molar-refractivity contribution in [2.75, 3.05) is 11.9 Å². The Hall–Kier alpha value is -2.64. The summed E-state index contributed by atoms with van der Waals surface area (Å²) >= 11 is 11.7. The number of nitrogens with one attached hydrogen (secondary N) is 1. The number of carbonyl (C=O) groups excluding carboxylic acids is 2. The lowest BCUT2D eigenvalue weighted by molar-refractivity contribution is -0.385. The Bertz CT molecular complexity index is 854. The van der Waals surface area contributed by atoms with Crippen LogP contribution in [0.4, 0.5) is 11.4 Å². The lowest BCUT2D eigenvalue weighted by atomic mass is 10.2. The van der Waals surface area contributed by atoms with Crippen molar-refractivity contribution in [3.8, 4) is 0 Å². The molecule has 0 unspecified atom stereocenters. The van der Waals surface area contributed by atoms with E-state index in [1.165, 1.54) is 36.4 Å². The van der Waals surface area contributed by atoms with Gasteiger partial charge in [-0.2, -0.15) is 0 Å². The maximum Gasteiger partial charge on any atom is 0.340 e. The van der Waals surface area contributed by atoms with Crippen LogP contribution in [0.25, 0.3) is 0 Å². The highest BCUT2D eigenvalue weighted by Crippen LogP contribution is 2.26. The molecule has 0 heterocycles. The maximum absolute atomic E-state index is 11.9. The van der Waals surface area contributed by atoms with Gasteiger partial charge in [0.2, 0.25) is 0 Å². The zero-order chi connectivity index (χ0) is 18.6. The third-order valence-corrected chi connectivity index (χ3v) is 4.01. The Labute approximate surface area is 152 Å². The summed E-state index contributed by atoms with van der Waals surface area (Å²) in [4.78, 5) is 34.1. The second-order valence-electron chi connectivity index (χ2n) is 4.98. The third-order valence-electron chi connectivity index (χ3n) is 3.20. The molecule has 0 saturated carbocycles. The minimum absolute atomic E-state index is 0.0312. The van der Waals surface area contributed by atoms with Crippen LogP contribution >= 0.6 is 23.2 Å². The highest BCUT2D eigenvalue weighted by molar-refractivity contribution is 6.43. The Morgan fingerprint density at radius 2 is 1.96 bits per heavy atom. The van der Waals surface area contributed by atoms with Gasteiger partial charge in [-0.25, -0.2) is 4.79 Å². The summed E-state index contributed by atoms with van der Waals surface area (Å²) in [5, 5.41) is 13.5. The molecule has 0 radical (unpaired) electrons. The first kappa shape index (κ1) is 18.7. The Morgan fingerprint density at radius 1 is 1.24 bits per heavy atom. The number of nitro groups is 1. The summed E-state index contributed by atoms with van der Waals surface area (Å²) < 4.78 is 4.87. The molecule has 7 nitrogen and oxygen atoms in total. The van der Waals surface area contributed by atoms with Gasteiger partial charge in [0.25, 0.3) is 11.6 Å². The second kappa shape index (κ2) is 7.96. The van der Waals surface area contributed by atoms with Crippen molar-refractivity contribution < 1.29 is 19.2 Å². The molecule has 0 atom stereocenters. The Morgan fingerprint density at radius 3 is 2.64 bits per heavy atom. The van der Waals surface area contributed by atoms with E-state index in [9.17, 15) is 19.7 Å². The van der Waals surface area contributed by atoms with Gasteiger partial charge in [-0.3, -0.25) is 14.9 Å². The van der Waals surface area contributed by atoms with Crippen LogP contribution in [-0.4, -0.2) is 23.4 Å². The van der Waals surface area contributed by atoms with Gasteiger partial charge >= 0.3 is 5.97 Å². The van der Waals surface area contributed by atoms with Crippen LogP contribution in [0.1, 0.15) is 15.9 Å². The number of hydrogen-bond acceptors (Lipinski definition) is 5. The maximum atomic E-state index is 11.9. The lowest BCUT2D eigenvalue weighted by Crippen LogP contribution is -2.21. The summed E-state index contributed by atoms with van der Waals surface area (Å²) in [5.74, 6) is -1.46. The number of halogens is 2. The first-order chi connectivity index (χ1) is 11.8. The number of anilines is 1. The van der Waals surface area contributed by atoms with Gasteiger partial charge in [-0.1, -0.05) is 35.3 Å². The van der Waals surface area contributed by atoms with E-state index in [0.717, 1.165) is 0 Å². The number of carbonyl (C=O) groups is 2. The molecule has 25 heavy (non-hydrogen) atoms. The van der Waals surface area contributed by atoms with Gasteiger partial charge in [0.15, 0.2) is 6.61 Å². The summed E-state index contributed by atoms with van der Waals surface area (Å²) in [6.07, 6.45) is 0. The first-order valence-electron chi connectivity index (χ1n) is 6.95. The van der Waals surface area contributed by atoms with Crippen LogP contribution in [0.15, 0.2) is 36.4 Å². The molecule has 0 aromatic heterocycles. The van der Waals surface area contributed by atoms with Gasteiger partial charge in [0.1, 0.15) is 0 Å². The van der Waals surface area contributed by atoms with Crippen molar-refractivity contribution in [3.05, 3.63) is 67.7 Å². The van der Waals surface area contributed by atoms with E-state index in [4.69, 9.17) is 27.9 Å². The van der Waals surface area contributed by atoms with Crippen LogP contribution in [0.2, 0.25) is 10.0 Å². The molecule has 0 aliphatic carbocycles. The topological polar surface area (TPSA) is 98.5 Å². The normalized spacial score (nSPS) is 10.2. The molecule has 1 amide bonds. The average molecular weight is 383 g/mol. The number of nitrogens with zero attached hydrogens (tertiary/aromatic N) is 1. The standard InChI is InChI=1S/C16H12Cl2N2O5/c1-9-5-6-10(7-13(9)20(23)24)19-14(21)8-25-16(22)11-3-2-4-12(17)15(11)18/h2-7H,8H2,1H3,(H,19,21). The molecule has 2 aromatic carbocycles. The summed E-state index contributed by atoms with van der Waals surface area (Å²) in [5.41, 5.74) is 0.595. The minimum atomic E-state index is -0.808. The fourth-order valence-electron chi connectivity index (χ4n) is 1.95. The van der Waals surface area contributed by atoms with E-state index in [2.05, 4.69) is 5.32 Å². The van der Waals surface area contributed by atoms with E-state index in [0.29, 0.717) is 5.56 Å². The minimum Gasteiger partial charge on any atom is -0.452 e. The number of benzene rings is 2. The zero-order valence-corrected chi connectivity index (χ0v) is 14.4. The van der Waals surface area contributed by atoms with Crippen molar-refractivity contribution in [3.63, 3.8) is 0 Å². The predicted molar refractivity (Wildman–Crippen MR) is 93.2 cm³/mol. The summed E-state index contributed by atoms with van der Waals surface area (Å²) in [7, 11) is 0. The number of hydrogen-bond donors (Lipinski definition) is 1. The first-order valence-corrected chi connectivity index (χ1v) is 7.71. The molecule has 0 aliphatic rings. The van der Waals surface area contributed by atoms with E-state index in [1.807, 2.05) is 0 Å². The number of nitro benzene ring substituents is 1. The number of ether oxygens (including phenoxy) is 1. The number of rotatable bonds is 5. The van der Waals surface area contributed by atoms with Gasteiger partial charge < -0.3 is 10.1 Å². The van der Waals surface area contributed by atoms with Gasteiger partial charge in [-0.15, -0.1) is 0 Å². The summed E-state index contributed by atoms with van der Waals surface area (Å²) in [6, 6.07) is 8.69. The van der Waals surface area contributed by atoms with E-state index in [-0.39, 0.29) is 27.0 Å².